The van der Waals surface area contributed by atoms with E-state index in [0.717, 1.165) is 23.5 Å². The Balaban J connectivity index is 2.54. The van der Waals surface area contributed by atoms with E-state index in [9.17, 15) is 4.79 Å². The number of nitrogens with one attached hydrogen (secondary N) is 1. The fourth-order valence-electron chi connectivity index (χ4n) is 1.72. The summed E-state index contributed by atoms with van der Waals surface area (Å²) in [5, 5.41) is 2.90. The maximum Gasteiger partial charge on any atom is 0.267 e. The van der Waals surface area contributed by atoms with Crippen LogP contribution in [0.4, 0.5) is 0 Å². The predicted molar refractivity (Wildman–Crippen MR) is 55.3 cm³/mol. The quantitative estimate of drug-likeness (QED) is 0.743. The Bertz CT molecular complexity index is 364. The van der Waals surface area contributed by atoms with Crippen LogP contribution in [0.2, 0.25) is 0 Å². The maximum atomic E-state index is 11.5. The molecule has 0 radical (unpaired) electrons. The summed E-state index contributed by atoms with van der Waals surface area (Å²) in [5.74, 6) is 2.06. The van der Waals surface area contributed by atoms with Crippen LogP contribution >= 0.6 is 11.8 Å². The summed E-state index contributed by atoms with van der Waals surface area (Å²) in [7, 11) is 0. The second-order valence-electron chi connectivity index (χ2n) is 3.63. The minimum Gasteiger partial charge on any atom is -0.286 e. The average molecular weight is 198 g/mol. The summed E-state index contributed by atoms with van der Waals surface area (Å²) >= 11 is 1.90. The Morgan fingerprint density at radius 2 is 2.31 bits per heavy atom. The molecule has 0 unspecified atom stereocenters. The van der Waals surface area contributed by atoms with Crippen molar-refractivity contribution >= 4 is 11.8 Å². The molecule has 0 saturated heterocycles. The SMILES string of the molecule is CC(C)n1[nH]c(=O)c2c1CSCC2. The summed E-state index contributed by atoms with van der Waals surface area (Å²) in [4.78, 5) is 11.5. The van der Waals surface area contributed by atoms with Gasteiger partial charge in [-0.3, -0.25) is 14.6 Å². The molecule has 0 spiro atoms. The third kappa shape index (κ3) is 1.43. The molecule has 2 heterocycles. The first-order chi connectivity index (χ1) is 6.20. The van der Waals surface area contributed by atoms with Gasteiger partial charge in [0.05, 0.1) is 5.69 Å². The number of fused-ring (bicyclic) bond motifs is 1. The molecule has 2 rings (SSSR count). The van der Waals surface area contributed by atoms with Gasteiger partial charge >= 0.3 is 0 Å². The van der Waals surface area contributed by atoms with Gasteiger partial charge in [0.25, 0.3) is 5.56 Å². The summed E-state index contributed by atoms with van der Waals surface area (Å²) < 4.78 is 2.00. The lowest BCUT2D eigenvalue weighted by atomic mass is 10.2. The number of nitrogens with zero attached hydrogens (tertiary/aromatic N) is 1. The van der Waals surface area contributed by atoms with E-state index >= 15 is 0 Å². The zero-order chi connectivity index (χ0) is 9.42. The Morgan fingerprint density at radius 3 is 3.00 bits per heavy atom. The van der Waals surface area contributed by atoms with Crippen LogP contribution in [0.15, 0.2) is 4.79 Å². The number of aromatic nitrogens is 2. The molecule has 0 atom stereocenters. The fourth-order valence-corrected chi connectivity index (χ4v) is 2.72. The first-order valence-corrected chi connectivity index (χ1v) is 5.75. The molecule has 1 aromatic rings. The van der Waals surface area contributed by atoms with E-state index in [4.69, 9.17) is 0 Å². The standard InChI is InChI=1S/C9H14N2OS/c1-6(2)11-8-5-13-4-3-7(8)9(12)10-11/h6H,3-5H2,1-2H3,(H,10,12). The number of thioether (sulfide) groups is 1. The largest absolute Gasteiger partial charge is 0.286 e. The van der Waals surface area contributed by atoms with Crippen molar-refractivity contribution in [1.29, 1.82) is 0 Å². The lowest BCUT2D eigenvalue weighted by Crippen LogP contribution is -2.11. The highest BCUT2D eigenvalue weighted by Crippen LogP contribution is 2.23. The maximum absolute atomic E-state index is 11.5. The van der Waals surface area contributed by atoms with Crippen molar-refractivity contribution in [3.63, 3.8) is 0 Å². The molecule has 0 fully saturated rings. The highest BCUT2D eigenvalue weighted by molar-refractivity contribution is 7.98. The van der Waals surface area contributed by atoms with Crippen molar-refractivity contribution in [3.05, 3.63) is 21.6 Å². The van der Waals surface area contributed by atoms with Crippen molar-refractivity contribution in [2.24, 2.45) is 0 Å². The third-order valence-corrected chi connectivity index (χ3v) is 3.36. The minimum absolute atomic E-state index is 0.115. The molecule has 1 aliphatic heterocycles. The second kappa shape index (κ2) is 3.25. The van der Waals surface area contributed by atoms with E-state index in [1.165, 1.54) is 5.69 Å². The normalized spacial score (nSPS) is 16.2. The van der Waals surface area contributed by atoms with Crippen LogP contribution < -0.4 is 5.56 Å². The Hall–Kier alpha value is -0.640. The molecule has 0 amide bonds. The van der Waals surface area contributed by atoms with Gasteiger partial charge in [0.2, 0.25) is 0 Å². The number of H-pyrrole nitrogens is 1. The van der Waals surface area contributed by atoms with Gasteiger partial charge < -0.3 is 0 Å². The van der Waals surface area contributed by atoms with Gasteiger partial charge in [0.1, 0.15) is 0 Å². The first-order valence-electron chi connectivity index (χ1n) is 4.60. The Labute approximate surface area is 81.5 Å². The first kappa shape index (κ1) is 8.94. The average Bonchev–Trinajstić information content (AvgIpc) is 2.45. The van der Waals surface area contributed by atoms with Crippen molar-refractivity contribution in [2.45, 2.75) is 32.1 Å². The summed E-state index contributed by atoms with van der Waals surface area (Å²) in [6.45, 7) is 4.19. The van der Waals surface area contributed by atoms with Gasteiger partial charge in [-0.2, -0.15) is 11.8 Å². The molecule has 0 aromatic carbocycles. The van der Waals surface area contributed by atoms with Crippen LogP contribution in [0, 0.1) is 0 Å². The Morgan fingerprint density at radius 1 is 1.54 bits per heavy atom. The van der Waals surface area contributed by atoms with E-state index in [2.05, 4.69) is 18.9 Å². The number of hydrogen-bond donors (Lipinski definition) is 1. The molecule has 0 bridgehead atoms. The van der Waals surface area contributed by atoms with Crippen molar-refractivity contribution < 1.29 is 0 Å². The van der Waals surface area contributed by atoms with E-state index < -0.39 is 0 Å². The topological polar surface area (TPSA) is 37.8 Å². The van der Waals surface area contributed by atoms with Crippen LogP contribution in [0.5, 0.6) is 0 Å². The molecule has 3 nitrogen and oxygen atoms in total. The summed E-state index contributed by atoms with van der Waals surface area (Å²) in [6.07, 6.45) is 0.926. The summed E-state index contributed by atoms with van der Waals surface area (Å²) in [6, 6.07) is 0.357. The second-order valence-corrected chi connectivity index (χ2v) is 4.74. The monoisotopic (exact) mass is 198 g/mol. The molecule has 1 aromatic heterocycles. The zero-order valence-corrected chi connectivity index (χ0v) is 8.78. The molecular weight excluding hydrogens is 184 g/mol. The van der Waals surface area contributed by atoms with Gasteiger partial charge in [-0.25, -0.2) is 0 Å². The predicted octanol–water partition coefficient (Wildman–Crippen LogP) is 1.55. The van der Waals surface area contributed by atoms with Gasteiger partial charge in [0, 0.05) is 17.4 Å². The van der Waals surface area contributed by atoms with Crippen molar-refractivity contribution in [3.8, 4) is 0 Å². The Kier molecular flexibility index (Phi) is 2.24. The van der Waals surface area contributed by atoms with Gasteiger partial charge in [-0.1, -0.05) is 0 Å². The molecule has 1 aliphatic rings. The van der Waals surface area contributed by atoms with Gasteiger partial charge in [-0.15, -0.1) is 0 Å². The molecule has 0 saturated carbocycles. The van der Waals surface area contributed by atoms with Crippen LogP contribution in [0.3, 0.4) is 0 Å². The van der Waals surface area contributed by atoms with Crippen LogP contribution in [-0.2, 0) is 12.2 Å². The van der Waals surface area contributed by atoms with Crippen LogP contribution in [0.25, 0.3) is 0 Å². The lowest BCUT2D eigenvalue weighted by molar-refractivity contribution is 0.513. The summed E-state index contributed by atoms with van der Waals surface area (Å²) in [5.41, 5.74) is 2.33. The van der Waals surface area contributed by atoms with E-state index in [1.54, 1.807) is 0 Å². The molecule has 0 aliphatic carbocycles. The molecule has 72 valence electrons. The molecule has 1 N–H and O–H groups in total. The van der Waals surface area contributed by atoms with Crippen LogP contribution in [0.1, 0.15) is 31.1 Å². The van der Waals surface area contributed by atoms with Gasteiger partial charge in [0.15, 0.2) is 0 Å². The third-order valence-electron chi connectivity index (χ3n) is 2.39. The smallest absolute Gasteiger partial charge is 0.267 e. The van der Waals surface area contributed by atoms with E-state index in [1.807, 2.05) is 16.4 Å². The number of rotatable bonds is 1. The van der Waals surface area contributed by atoms with Crippen LogP contribution in [-0.4, -0.2) is 15.5 Å². The van der Waals surface area contributed by atoms with E-state index in [0.29, 0.717) is 6.04 Å². The molecular formula is C9H14N2OS. The van der Waals surface area contributed by atoms with E-state index in [-0.39, 0.29) is 5.56 Å². The highest BCUT2D eigenvalue weighted by Gasteiger charge is 2.19. The molecule has 4 heteroatoms. The number of aromatic amines is 1. The van der Waals surface area contributed by atoms with Crippen molar-refractivity contribution in [1.82, 2.24) is 9.78 Å². The lowest BCUT2D eigenvalue weighted by Gasteiger charge is -2.15. The number of hydrogen-bond acceptors (Lipinski definition) is 2. The van der Waals surface area contributed by atoms with Gasteiger partial charge in [-0.05, 0) is 26.0 Å². The fraction of sp³-hybridized carbons (Fsp3) is 0.667. The highest BCUT2D eigenvalue weighted by atomic mass is 32.2. The van der Waals surface area contributed by atoms with Crippen molar-refractivity contribution in [2.75, 3.05) is 5.75 Å². The minimum atomic E-state index is 0.115. The zero-order valence-electron chi connectivity index (χ0n) is 7.96. The molecule has 13 heavy (non-hydrogen) atoms.